The van der Waals surface area contributed by atoms with E-state index in [0.717, 1.165) is 30.6 Å². The first-order valence-corrected chi connectivity index (χ1v) is 8.03. The van der Waals surface area contributed by atoms with Gasteiger partial charge < -0.3 is 4.74 Å². The lowest BCUT2D eigenvalue weighted by molar-refractivity contribution is 0.422. The van der Waals surface area contributed by atoms with Gasteiger partial charge in [0.2, 0.25) is 0 Å². The predicted octanol–water partition coefficient (Wildman–Crippen LogP) is 4.38. The van der Waals surface area contributed by atoms with Gasteiger partial charge in [0.15, 0.2) is 0 Å². The third kappa shape index (κ3) is 3.03. The summed E-state index contributed by atoms with van der Waals surface area (Å²) in [6, 6.07) is 15.8. The largest absolute Gasteiger partial charge is 0.457 e. The monoisotopic (exact) mass is 322 g/mol. The van der Waals surface area contributed by atoms with E-state index in [2.05, 4.69) is 10.4 Å². The quantitative estimate of drug-likeness (QED) is 0.715. The highest BCUT2D eigenvalue weighted by atomic mass is 19.1. The van der Waals surface area contributed by atoms with Crippen molar-refractivity contribution in [3.63, 3.8) is 0 Å². The lowest BCUT2D eigenvalue weighted by Gasteiger charge is -2.14. The van der Waals surface area contributed by atoms with Crippen molar-refractivity contribution in [2.24, 2.45) is 0 Å². The zero-order valence-corrected chi connectivity index (χ0v) is 13.1. The van der Waals surface area contributed by atoms with E-state index in [-0.39, 0.29) is 12.0 Å². The average Bonchev–Trinajstić information content (AvgIpc) is 3.28. The third-order valence-electron chi connectivity index (χ3n) is 4.11. The Morgan fingerprint density at radius 2 is 1.67 bits per heavy atom. The Morgan fingerprint density at radius 1 is 0.958 bits per heavy atom. The molecule has 0 saturated carbocycles. The maximum Gasteiger partial charge on any atom is 0.127 e. The molecule has 121 valence electrons. The number of hydrogen-bond acceptors (Lipinski definition) is 2. The van der Waals surface area contributed by atoms with Crippen LogP contribution in [0.25, 0.3) is 11.3 Å². The molecule has 4 rings (SSSR count). The van der Waals surface area contributed by atoms with Gasteiger partial charge in [-0.1, -0.05) is 0 Å². The normalized spacial score (nSPS) is 17.1. The molecule has 3 aromatic rings. The van der Waals surface area contributed by atoms with Crippen LogP contribution in [-0.2, 0) is 0 Å². The number of benzene rings is 2. The molecule has 1 aliphatic rings. The first-order chi connectivity index (χ1) is 11.8. The second kappa shape index (κ2) is 6.45. The summed E-state index contributed by atoms with van der Waals surface area (Å²) in [4.78, 5) is 0. The molecule has 1 radical (unpaired) electrons. The topological polar surface area (TPSA) is 41.2 Å². The Kier molecular flexibility index (Phi) is 4.01. The fraction of sp³-hybridized carbons (Fsp3) is 0.211. The summed E-state index contributed by atoms with van der Waals surface area (Å²) in [7, 11) is 0. The Hall–Kier alpha value is -2.66. The van der Waals surface area contributed by atoms with E-state index < -0.39 is 0 Å². The molecule has 4 nitrogen and oxygen atoms in total. The van der Waals surface area contributed by atoms with Crippen LogP contribution in [0.15, 0.2) is 60.8 Å². The lowest BCUT2D eigenvalue weighted by Crippen LogP contribution is -2.16. The Balaban J connectivity index is 1.54. The molecule has 0 bridgehead atoms. The smallest absolute Gasteiger partial charge is 0.127 e. The van der Waals surface area contributed by atoms with Gasteiger partial charge in [0, 0.05) is 18.3 Å². The number of ether oxygens (including phenoxy) is 1. The molecule has 5 heteroatoms. The number of hydrogen-bond donors (Lipinski definition) is 0. The summed E-state index contributed by atoms with van der Waals surface area (Å²) in [6.45, 7) is 0.911. The fourth-order valence-electron chi connectivity index (χ4n) is 2.92. The molecule has 1 unspecified atom stereocenters. The summed E-state index contributed by atoms with van der Waals surface area (Å²) < 4.78 is 20.6. The number of rotatable bonds is 4. The van der Waals surface area contributed by atoms with Crippen LogP contribution in [0.1, 0.15) is 19.0 Å². The number of aromatic nitrogens is 2. The van der Waals surface area contributed by atoms with Crippen LogP contribution < -0.4 is 10.1 Å². The second-order valence-electron chi connectivity index (χ2n) is 5.77. The summed E-state index contributed by atoms with van der Waals surface area (Å²) >= 11 is 0. The first-order valence-electron chi connectivity index (χ1n) is 8.03. The molecule has 1 saturated heterocycles. The molecule has 24 heavy (non-hydrogen) atoms. The van der Waals surface area contributed by atoms with Crippen molar-refractivity contribution in [1.29, 1.82) is 0 Å². The van der Waals surface area contributed by atoms with Crippen LogP contribution in [0.4, 0.5) is 4.39 Å². The van der Waals surface area contributed by atoms with Crippen LogP contribution >= 0.6 is 0 Å². The Labute approximate surface area is 139 Å². The van der Waals surface area contributed by atoms with Crippen LogP contribution in [0.3, 0.4) is 0 Å². The van der Waals surface area contributed by atoms with Gasteiger partial charge in [0.25, 0.3) is 0 Å². The molecule has 0 N–H and O–H groups in total. The first kappa shape index (κ1) is 14.9. The SMILES string of the molecule is Fc1ccc(Oc2ccc(-c3ccnn3C3CCC[N]3)cc2)cc1. The highest BCUT2D eigenvalue weighted by Crippen LogP contribution is 2.29. The van der Waals surface area contributed by atoms with Crippen LogP contribution in [0.2, 0.25) is 0 Å². The van der Waals surface area contributed by atoms with E-state index >= 15 is 0 Å². The van der Waals surface area contributed by atoms with Crippen molar-refractivity contribution in [3.8, 4) is 22.8 Å². The Morgan fingerprint density at radius 3 is 2.33 bits per heavy atom. The minimum absolute atomic E-state index is 0.144. The van der Waals surface area contributed by atoms with Crippen LogP contribution in [0.5, 0.6) is 11.5 Å². The van der Waals surface area contributed by atoms with Crippen molar-refractivity contribution < 1.29 is 9.13 Å². The predicted molar refractivity (Wildman–Crippen MR) is 89.4 cm³/mol. The van der Waals surface area contributed by atoms with Gasteiger partial charge >= 0.3 is 0 Å². The van der Waals surface area contributed by atoms with Gasteiger partial charge in [-0.3, -0.25) is 0 Å². The van der Waals surface area contributed by atoms with E-state index in [1.165, 1.54) is 12.1 Å². The molecular formula is C19H17FN3O. The van der Waals surface area contributed by atoms with Crippen molar-refractivity contribution in [3.05, 3.63) is 66.6 Å². The van der Waals surface area contributed by atoms with E-state index in [1.807, 2.05) is 41.2 Å². The van der Waals surface area contributed by atoms with Crippen LogP contribution in [-0.4, -0.2) is 16.3 Å². The molecule has 0 spiro atoms. The number of halogens is 1. The van der Waals surface area contributed by atoms with E-state index in [9.17, 15) is 4.39 Å². The molecule has 1 aliphatic heterocycles. The summed E-state index contributed by atoms with van der Waals surface area (Å²) in [6.07, 6.45) is 4.12. The molecule has 2 heterocycles. The summed E-state index contributed by atoms with van der Waals surface area (Å²) in [5.41, 5.74) is 2.13. The van der Waals surface area contributed by atoms with Gasteiger partial charge in [0.05, 0.1) is 5.69 Å². The van der Waals surface area contributed by atoms with Gasteiger partial charge in [-0.05, 0) is 67.4 Å². The molecule has 0 amide bonds. The van der Waals surface area contributed by atoms with Crippen LogP contribution in [0, 0.1) is 5.82 Å². The zero-order valence-electron chi connectivity index (χ0n) is 13.1. The molecular weight excluding hydrogens is 305 g/mol. The minimum atomic E-state index is -0.275. The molecule has 2 aromatic carbocycles. The molecule has 1 aromatic heterocycles. The molecule has 0 aliphatic carbocycles. The number of nitrogens with zero attached hydrogens (tertiary/aromatic N) is 3. The highest BCUT2D eigenvalue weighted by Gasteiger charge is 2.20. The van der Waals surface area contributed by atoms with E-state index in [1.54, 1.807) is 12.1 Å². The average molecular weight is 322 g/mol. The van der Waals surface area contributed by atoms with Gasteiger partial charge in [-0.15, -0.1) is 0 Å². The molecule has 1 fully saturated rings. The fourth-order valence-corrected chi connectivity index (χ4v) is 2.92. The van der Waals surface area contributed by atoms with Gasteiger partial charge in [-0.25, -0.2) is 14.4 Å². The highest BCUT2D eigenvalue weighted by molar-refractivity contribution is 5.60. The van der Waals surface area contributed by atoms with Gasteiger partial charge in [0.1, 0.15) is 23.5 Å². The third-order valence-corrected chi connectivity index (χ3v) is 4.11. The molecule has 1 atom stereocenters. The van der Waals surface area contributed by atoms with Crippen molar-refractivity contribution in [2.75, 3.05) is 6.54 Å². The maximum atomic E-state index is 12.9. The minimum Gasteiger partial charge on any atom is -0.457 e. The van der Waals surface area contributed by atoms with Gasteiger partial charge in [-0.2, -0.15) is 5.10 Å². The lowest BCUT2D eigenvalue weighted by atomic mass is 10.1. The summed E-state index contributed by atoms with van der Waals surface area (Å²) in [5, 5.41) is 9.02. The maximum absolute atomic E-state index is 12.9. The van der Waals surface area contributed by atoms with E-state index in [0.29, 0.717) is 11.5 Å². The standard InChI is InChI=1S/C19H17FN3O/c20-15-5-9-17(10-6-15)24-16-7-3-14(4-8-16)18-11-13-22-23(18)19-2-1-12-21-19/h3-11,13,19H,1-2,12H2. The summed E-state index contributed by atoms with van der Waals surface area (Å²) in [5.74, 6) is 1.05. The Bertz CT molecular complexity index is 805. The zero-order chi connectivity index (χ0) is 16.4. The van der Waals surface area contributed by atoms with Crippen molar-refractivity contribution >= 4 is 0 Å². The second-order valence-corrected chi connectivity index (χ2v) is 5.77. The van der Waals surface area contributed by atoms with Crippen molar-refractivity contribution in [2.45, 2.75) is 19.0 Å². The van der Waals surface area contributed by atoms with E-state index in [4.69, 9.17) is 4.74 Å². The van der Waals surface area contributed by atoms with Crippen molar-refractivity contribution in [1.82, 2.24) is 15.1 Å².